The second-order valence-corrected chi connectivity index (χ2v) is 4.96. The first-order valence-corrected chi connectivity index (χ1v) is 7.53. The van der Waals surface area contributed by atoms with Gasteiger partial charge in [-0.1, -0.05) is 31.2 Å². The van der Waals surface area contributed by atoms with Gasteiger partial charge in [-0.15, -0.1) is 5.10 Å². The van der Waals surface area contributed by atoms with Crippen molar-refractivity contribution in [1.29, 1.82) is 0 Å². The fourth-order valence-electron chi connectivity index (χ4n) is 2.21. The molecule has 0 spiro atoms. The molecular formula is C16H22N4O2. The van der Waals surface area contributed by atoms with E-state index in [9.17, 15) is 4.79 Å². The molecule has 2 aromatic rings. The summed E-state index contributed by atoms with van der Waals surface area (Å²) < 4.78 is 7.01. The highest BCUT2D eigenvalue weighted by molar-refractivity contribution is 5.89. The van der Waals surface area contributed by atoms with Crippen LogP contribution in [0.1, 0.15) is 31.5 Å². The zero-order chi connectivity index (χ0) is 15.9. The second kappa shape index (κ2) is 7.59. The number of carbonyl (C=O) groups excluding carboxylic acids is 1. The average Bonchev–Trinajstić information content (AvgIpc) is 2.94. The van der Waals surface area contributed by atoms with E-state index in [1.165, 1.54) is 5.56 Å². The average molecular weight is 302 g/mol. The number of hydrogen-bond acceptors (Lipinski definition) is 4. The summed E-state index contributed by atoms with van der Waals surface area (Å²) in [6.45, 7) is 4.57. The summed E-state index contributed by atoms with van der Waals surface area (Å²) in [7, 11) is 1.66. The van der Waals surface area contributed by atoms with Crippen LogP contribution < -0.4 is 10.1 Å². The summed E-state index contributed by atoms with van der Waals surface area (Å²) in [5.41, 5.74) is 2.16. The van der Waals surface area contributed by atoms with Crippen LogP contribution in [0.5, 0.6) is 5.75 Å². The Morgan fingerprint density at radius 1 is 1.27 bits per heavy atom. The van der Waals surface area contributed by atoms with Gasteiger partial charge in [-0.2, -0.15) is 0 Å². The Balaban J connectivity index is 2.04. The molecule has 0 saturated carbocycles. The molecule has 1 N–H and O–H groups in total. The van der Waals surface area contributed by atoms with Crippen molar-refractivity contribution in [2.75, 3.05) is 12.4 Å². The Morgan fingerprint density at radius 2 is 2.00 bits per heavy atom. The number of nitrogens with one attached hydrogen (secondary N) is 1. The summed E-state index contributed by atoms with van der Waals surface area (Å²) in [5, 5.41) is 11.0. The van der Waals surface area contributed by atoms with Crippen LogP contribution in [0.2, 0.25) is 0 Å². The first-order valence-electron chi connectivity index (χ1n) is 7.53. The molecule has 0 fully saturated rings. The maximum atomic E-state index is 11.5. The van der Waals surface area contributed by atoms with Crippen LogP contribution in [0.25, 0.3) is 0 Å². The fraction of sp³-hybridized carbons (Fsp3) is 0.438. The largest absolute Gasteiger partial charge is 0.497 e. The predicted octanol–water partition coefficient (Wildman–Crippen LogP) is 2.44. The van der Waals surface area contributed by atoms with Gasteiger partial charge in [0.2, 0.25) is 5.91 Å². The number of ether oxygens (including phenoxy) is 1. The van der Waals surface area contributed by atoms with Crippen LogP contribution in [0, 0.1) is 0 Å². The minimum atomic E-state index is -0.0445. The van der Waals surface area contributed by atoms with Gasteiger partial charge in [0.25, 0.3) is 0 Å². The third-order valence-corrected chi connectivity index (χ3v) is 3.52. The molecule has 6 heteroatoms. The van der Waals surface area contributed by atoms with Crippen LogP contribution in [0.15, 0.2) is 24.3 Å². The third kappa shape index (κ3) is 3.84. The Bertz CT molecular complexity index is 620. The van der Waals surface area contributed by atoms with E-state index < -0.39 is 0 Å². The van der Waals surface area contributed by atoms with Gasteiger partial charge in [-0.25, -0.2) is 4.68 Å². The van der Waals surface area contributed by atoms with Gasteiger partial charge in [-0.3, -0.25) is 4.79 Å². The van der Waals surface area contributed by atoms with E-state index >= 15 is 0 Å². The molecule has 1 aromatic heterocycles. The molecule has 0 atom stereocenters. The van der Waals surface area contributed by atoms with Crippen molar-refractivity contribution < 1.29 is 9.53 Å². The number of amides is 1. The first kappa shape index (κ1) is 16.0. The van der Waals surface area contributed by atoms with Crippen molar-refractivity contribution in [1.82, 2.24) is 15.0 Å². The number of benzene rings is 1. The summed E-state index contributed by atoms with van der Waals surface area (Å²) in [4.78, 5) is 11.5. The highest BCUT2D eigenvalue weighted by Crippen LogP contribution is 2.15. The lowest BCUT2D eigenvalue weighted by Gasteiger charge is -2.07. The molecule has 0 aliphatic carbocycles. The van der Waals surface area contributed by atoms with E-state index in [1.54, 1.807) is 7.11 Å². The molecule has 0 aliphatic heterocycles. The van der Waals surface area contributed by atoms with Crippen LogP contribution in [0.4, 0.5) is 5.82 Å². The highest BCUT2D eigenvalue weighted by Gasteiger charge is 2.12. The molecule has 118 valence electrons. The fourth-order valence-corrected chi connectivity index (χ4v) is 2.21. The molecule has 6 nitrogen and oxygen atoms in total. The van der Waals surface area contributed by atoms with Gasteiger partial charge in [0.05, 0.1) is 12.8 Å². The maximum Gasteiger partial charge on any atom is 0.225 e. The number of aryl methyl sites for hydroxylation is 2. The SMILES string of the molecule is CCC(=O)Nc1nnn(CCc2ccc(OC)cc2)c1CC. The summed E-state index contributed by atoms with van der Waals surface area (Å²) >= 11 is 0. The number of nitrogens with zero attached hydrogens (tertiary/aromatic N) is 3. The lowest BCUT2D eigenvalue weighted by atomic mass is 10.1. The highest BCUT2D eigenvalue weighted by atomic mass is 16.5. The molecule has 22 heavy (non-hydrogen) atoms. The Morgan fingerprint density at radius 3 is 2.59 bits per heavy atom. The smallest absolute Gasteiger partial charge is 0.225 e. The van der Waals surface area contributed by atoms with Crippen LogP contribution in [-0.2, 0) is 24.2 Å². The lowest BCUT2D eigenvalue weighted by Crippen LogP contribution is -2.12. The van der Waals surface area contributed by atoms with Crippen molar-refractivity contribution in [3.05, 3.63) is 35.5 Å². The molecule has 0 radical (unpaired) electrons. The number of aromatic nitrogens is 3. The monoisotopic (exact) mass is 302 g/mol. The molecule has 0 bridgehead atoms. The van der Waals surface area contributed by atoms with Gasteiger partial charge in [0.15, 0.2) is 5.82 Å². The molecule has 1 heterocycles. The van der Waals surface area contributed by atoms with Gasteiger partial charge < -0.3 is 10.1 Å². The van der Waals surface area contributed by atoms with E-state index in [2.05, 4.69) is 15.6 Å². The van der Waals surface area contributed by atoms with Crippen molar-refractivity contribution in [2.45, 2.75) is 39.7 Å². The normalized spacial score (nSPS) is 10.5. The van der Waals surface area contributed by atoms with E-state index in [-0.39, 0.29) is 5.91 Å². The van der Waals surface area contributed by atoms with Gasteiger partial charge in [0, 0.05) is 13.0 Å². The molecule has 1 aromatic carbocycles. The van der Waals surface area contributed by atoms with Crippen LogP contribution in [0.3, 0.4) is 0 Å². The summed E-state index contributed by atoms with van der Waals surface area (Å²) in [6, 6.07) is 7.98. The first-order chi connectivity index (χ1) is 10.7. The molecule has 2 rings (SSSR count). The quantitative estimate of drug-likeness (QED) is 0.853. The van der Waals surface area contributed by atoms with E-state index in [4.69, 9.17) is 4.74 Å². The standard InChI is InChI=1S/C16H22N4O2/c1-4-14-16(17-15(21)5-2)18-19-20(14)11-10-12-6-8-13(22-3)9-7-12/h6-9H,4-5,10-11H2,1-3H3,(H,17,21). The zero-order valence-corrected chi connectivity index (χ0v) is 13.3. The number of rotatable bonds is 7. The minimum Gasteiger partial charge on any atom is -0.497 e. The van der Waals surface area contributed by atoms with Crippen LogP contribution in [-0.4, -0.2) is 28.0 Å². The number of carbonyl (C=O) groups is 1. The van der Waals surface area contributed by atoms with E-state index in [1.807, 2.05) is 42.8 Å². The second-order valence-electron chi connectivity index (χ2n) is 4.96. The topological polar surface area (TPSA) is 69.0 Å². The molecule has 0 saturated heterocycles. The lowest BCUT2D eigenvalue weighted by molar-refractivity contribution is -0.115. The Hall–Kier alpha value is -2.37. The molecular weight excluding hydrogens is 280 g/mol. The van der Waals surface area contributed by atoms with Crippen LogP contribution >= 0.6 is 0 Å². The molecule has 1 amide bonds. The Labute approximate surface area is 130 Å². The van der Waals surface area contributed by atoms with Crippen molar-refractivity contribution in [3.63, 3.8) is 0 Å². The van der Waals surface area contributed by atoms with Crippen molar-refractivity contribution >= 4 is 11.7 Å². The van der Waals surface area contributed by atoms with E-state index in [0.717, 1.165) is 30.8 Å². The van der Waals surface area contributed by atoms with Gasteiger partial charge in [-0.05, 0) is 30.5 Å². The molecule has 0 aliphatic rings. The van der Waals surface area contributed by atoms with E-state index in [0.29, 0.717) is 12.2 Å². The third-order valence-electron chi connectivity index (χ3n) is 3.52. The van der Waals surface area contributed by atoms with Gasteiger partial charge in [0.1, 0.15) is 5.75 Å². The molecule has 0 unspecified atom stereocenters. The zero-order valence-electron chi connectivity index (χ0n) is 13.3. The predicted molar refractivity (Wildman–Crippen MR) is 85.0 cm³/mol. The number of hydrogen-bond donors (Lipinski definition) is 1. The minimum absolute atomic E-state index is 0.0445. The van der Waals surface area contributed by atoms with Gasteiger partial charge >= 0.3 is 0 Å². The number of anilines is 1. The Kier molecular flexibility index (Phi) is 5.52. The van der Waals surface area contributed by atoms with Crippen molar-refractivity contribution in [2.24, 2.45) is 0 Å². The summed E-state index contributed by atoms with van der Waals surface area (Å²) in [6.07, 6.45) is 2.05. The summed E-state index contributed by atoms with van der Waals surface area (Å²) in [5.74, 6) is 1.38. The maximum absolute atomic E-state index is 11.5. The number of methoxy groups -OCH3 is 1. The van der Waals surface area contributed by atoms with Crippen molar-refractivity contribution in [3.8, 4) is 5.75 Å².